The maximum absolute atomic E-state index is 15.1. The number of nitrogens with one attached hydrogen (secondary N) is 1. The fourth-order valence-electron chi connectivity index (χ4n) is 5.59. The minimum absolute atomic E-state index is 0.0392. The molecule has 0 amide bonds. The van der Waals surface area contributed by atoms with Crippen LogP contribution >= 0.6 is 0 Å². The van der Waals surface area contributed by atoms with Gasteiger partial charge in [-0.2, -0.15) is 5.10 Å². The molecule has 2 bridgehead atoms. The zero-order chi connectivity index (χ0) is 25.0. The van der Waals surface area contributed by atoms with Crippen LogP contribution in [0.25, 0.3) is 22.4 Å². The van der Waals surface area contributed by atoms with Gasteiger partial charge < -0.3 is 20.1 Å². The number of hydrogen-bond donors (Lipinski definition) is 2. The molecule has 10 heteroatoms. The number of methoxy groups -OCH3 is 1. The van der Waals surface area contributed by atoms with Crippen molar-refractivity contribution < 1.29 is 18.6 Å². The Morgan fingerprint density at radius 3 is 2.40 bits per heavy atom. The van der Waals surface area contributed by atoms with E-state index in [0.29, 0.717) is 5.82 Å². The molecule has 0 radical (unpaired) electrons. The van der Waals surface area contributed by atoms with Gasteiger partial charge in [0, 0.05) is 41.4 Å². The van der Waals surface area contributed by atoms with Gasteiger partial charge in [-0.1, -0.05) is 0 Å². The fourth-order valence-corrected chi connectivity index (χ4v) is 5.59. The van der Waals surface area contributed by atoms with Crippen molar-refractivity contribution in [3.8, 4) is 34.0 Å². The van der Waals surface area contributed by atoms with Crippen molar-refractivity contribution in [3.05, 3.63) is 42.1 Å². The van der Waals surface area contributed by atoms with Gasteiger partial charge in [0.1, 0.15) is 5.75 Å². The summed E-state index contributed by atoms with van der Waals surface area (Å²) in [6.45, 7) is 4.52. The molecule has 3 aromatic rings. The molecule has 2 N–H and O–H groups in total. The minimum Gasteiger partial charge on any atom is -0.507 e. The fraction of sp³-hybridized carbons (Fsp3) is 0.440. The van der Waals surface area contributed by atoms with Crippen LogP contribution in [0.5, 0.6) is 11.6 Å². The van der Waals surface area contributed by atoms with E-state index in [0.717, 1.165) is 31.7 Å². The molecular formula is C25H28F2N6O2. The molecule has 2 saturated heterocycles. The van der Waals surface area contributed by atoms with Crippen LogP contribution in [0.15, 0.2) is 30.5 Å². The van der Waals surface area contributed by atoms with E-state index < -0.39 is 17.4 Å². The van der Waals surface area contributed by atoms with E-state index in [1.54, 1.807) is 12.1 Å². The van der Waals surface area contributed by atoms with Crippen LogP contribution in [-0.2, 0) is 0 Å². The van der Waals surface area contributed by atoms with E-state index in [2.05, 4.69) is 44.5 Å². The molecule has 184 valence electrons. The number of phenolic OH excluding ortho intramolecular Hbond substituents is 1. The first-order chi connectivity index (χ1) is 16.6. The predicted octanol–water partition coefficient (Wildman–Crippen LogP) is 4.09. The number of piperidine rings is 1. The largest absolute Gasteiger partial charge is 0.507 e. The summed E-state index contributed by atoms with van der Waals surface area (Å²) in [4.78, 5) is 2.10. The maximum Gasteiger partial charge on any atom is 0.233 e. The van der Waals surface area contributed by atoms with Gasteiger partial charge in [-0.15, -0.1) is 15.3 Å². The number of ether oxygens (including phenoxy) is 1. The molecule has 2 fully saturated rings. The molecule has 0 aliphatic carbocycles. The third-order valence-electron chi connectivity index (χ3n) is 7.36. The molecule has 1 unspecified atom stereocenters. The number of halogens is 2. The second kappa shape index (κ2) is 8.37. The quantitative estimate of drug-likeness (QED) is 0.561. The highest BCUT2D eigenvalue weighted by atomic mass is 19.2. The summed E-state index contributed by atoms with van der Waals surface area (Å²) in [7, 11) is 3.37. The van der Waals surface area contributed by atoms with Gasteiger partial charge >= 0.3 is 0 Å². The predicted molar refractivity (Wildman–Crippen MR) is 127 cm³/mol. The number of phenols is 1. The number of nitrogens with zero attached hydrogens (tertiary/aromatic N) is 5. The van der Waals surface area contributed by atoms with Crippen LogP contribution in [0.4, 0.5) is 14.6 Å². The van der Waals surface area contributed by atoms with E-state index in [1.165, 1.54) is 19.4 Å². The molecule has 3 atom stereocenters. The topological polar surface area (TPSA) is 96.3 Å². The Balaban J connectivity index is 1.43. The first kappa shape index (κ1) is 23.3. The van der Waals surface area contributed by atoms with Crippen molar-refractivity contribution in [1.29, 1.82) is 0 Å². The molecule has 2 aliphatic heterocycles. The standard InChI is InChI=1S/C25H28F2N6O2/c1-24-7-8-25(2,32-24)12-15(11-24)33(3)19-6-5-17(29-30-19)21-18(34)10-16(22(26)23(21)27)14-9-20(35-4)31-28-13-14/h5-6,9-10,13,15,32,34H,7-8,11-12H2,1-4H3/t15?,24-,25+. The Kier molecular flexibility index (Phi) is 5.58. The third-order valence-corrected chi connectivity index (χ3v) is 7.36. The summed E-state index contributed by atoms with van der Waals surface area (Å²) in [6.07, 6.45) is 5.51. The van der Waals surface area contributed by atoms with Crippen LogP contribution in [-0.4, -0.2) is 56.8 Å². The summed E-state index contributed by atoms with van der Waals surface area (Å²) in [5.41, 5.74) is -0.0524. The minimum atomic E-state index is -1.22. The van der Waals surface area contributed by atoms with E-state index in [1.807, 2.05) is 7.05 Å². The van der Waals surface area contributed by atoms with Gasteiger partial charge in [0.25, 0.3) is 0 Å². The molecule has 0 saturated carbocycles. The lowest BCUT2D eigenvalue weighted by Crippen LogP contribution is -2.58. The summed E-state index contributed by atoms with van der Waals surface area (Å²) < 4.78 is 35.1. The number of fused-ring (bicyclic) bond motifs is 2. The van der Waals surface area contributed by atoms with Crippen LogP contribution < -0.4 is 15.0 Å². The monoisotopic (exact) mass is 482 g/mol. The summed E-state index contributed by atoms with van der Waals surface area (Å²) in [5.74, 6) is -2.04. The lowest BCUT2D eigenvalue weighted by Gasteiger charge is -2.45. The Morgan fingerprint density at radius 1 is 1.06 bits per heavy atom. The van der Waals surface area contributed by atoms with Crippen molar-refractivity contribution in [1.82, 2.24) is 25.7 Å². The number of benzene rings is 1. The Bertz CT molecular complexity index is 1260. The summed E-state index contributed by atoms with van der Waals surface area (Å²) in [6, 6.07) is 6.09. The van der Waals surface area contributed by atoms with E-state index in [4.69, 9.17) is 4.74 Å². The number of hydrogen-bond acceptors (Lipinski definition) is 8. The maximum atomic E-state index is 15.1. The summed E-state index contributed by atoms with van der Waals surface area (Å²) in [5, 5.41) is 30.2. The summed E-state index contributed by atoms with van der Waals surface area (Å²) >= 11 is 0. The molecule has 35 heavy (non-hydrogen) atoms. The van der Waals surface area contributed by atoms with E-state index in [-0.39, 0.29) is 45.4 Å². The van der Waals surface area contributed by atoms with Gasteiger partial charge in [-0.3, -0.25) is 0 Å². The zero-order valence-corrected chi connectivity index (χ0v) is 20.1. The van der Waals surface area contributed by atoms with Crippen LogP contribution in [0.3, 0.4) is 0 Å². The molecular weight excluding hydrogens is 454 g/mol. The number of aromatic hydroxyl groups is 1. The van der Waals surface area contributed by atoms with Gasteiger partial charge in [0.15, 0.2) is 17.5 Å². The average molecular weight is 483 g/mol. The SMILES string of the molecule is COc1cc(-c2cc(O)c(-c3ccc(N(C)C4C[C@]5(C)CC[C@](C)(C4)N5)nn3)c(F)c2F)cnn1. The zero-order valence-electron chi connectivity index (χ0n) is 20.1. The van der Waals surface area contributed by atoms with Crippen molar-refractivity contribution in [2.45, 2.75) is 56.7 Å². The van der Waals surface area contributed by atoms with Crippen molar-refractivity contribution in [2.24, 2.45) is 0 Å². The van der Waals surface area contributed by atoms with Crippen LogP contribution in [0.1, 0.15) is 39.5 Å². The molecule has 2 aromatic heterocycles. The number of anilines is 1. The smallest absolute Gasteiger partial charge is 0.233 e. The van der Waals surface area contributed by atoms with Gasteiger partial charge in [-0.25, -0.2) is 8.78 Å². The third kappa shape index (κ3) is 4.16. The molecule has 2 aliphatic rings. The molecule has 5 rings (SSSR count). The average Bonchev–Trinajstić information content (AvgIpc) is 3.07. The Morgan fingerprint density at radius 2 is 1.77 bits per heavy atom. The normalized spacial score (nSPS) is 25.5. The molecule has 8 nitrogen and oxygen atoms in total. The van der Waals surface area contributed by atoms with E-state index >= 15 is 8.78 Å². The highest BCUT2D eigenvalue weighted by molar-refractivity contribution is 5.75. The van der Waals surface area contributed by atoms with Crippen molar-refractivity contribution in [2.75, 3.05) is 19.1 Å². The lowest BCUT2D eigenvalue weighted by atomic mass is 9.84. The highest BCUT2D eigenvalue weighted by Crippen LogP contribution is 2.44. The highest BCUT2D eigenvalue weighted by Gasteiger charge is 2.49. The Hall–Kier alpha value is -3.40. The second-order valence-corrected chi connectivity index (χ2v) is 10.1. The second-order valence-electron chi connectivity index (χ2n) is 10.1. The van der Waals surface area contributed by atoms with Crippen LogP contribution in [0.2, 0.25) is 0 Å². The lowest BCUT2D eigenvalue weighted by molar-refractivity contribution is 0.207. The number of rotatable bonds is 5. The molecule has 0 spiro atoms. The molecule has 1 aromatic carbocycles. The van der Waals surface area contributed by atoms with Crippen molar-refractivity contribution in [3.63, 3.8) is 0 Å². The van der Waals surface area contributed by atoms with Gasteiger partial charge in [-0.05, 0) is 57.7 Å². The van der Waals surface area contributed by atoms with Gasteiger partial charge in [0.05, 0.1) is 24.6 Å². The number of aromatic nitrogens is 4. The van der Waals surface area contributed by atoms with E-state index in [9.17, 15) is 5.11 Å². The first-order valence-corrected chi connectivity index (χ1v) is 11.6. The molecule has 4 heterocycles. The van der Waals surface area contributed by atoms with Gasteiger partial charge in [0.2, 0.25) is 5.88 Å². The Labute approximate surface area is 202 Å². The van der Waals surface area contributed by atoms with Crippen molar-refractivity contribution >= 4 is 5.82 Å². The van der Waals surface area contributed by atoms with Crippen LogP contribution in [0, 0.1) is 11.6 Å². The first-order valence-electron chi connectivity index (χ1n) is 11.6.